The normalized spacial score (nSPS) is 29.2. The molecule has 0 radical (unpaired) electrons. The number of nitrogens with zero attached hydrogens (tertiary/aromatic N) is 1. The Morgan fingerprint density at radius 2 is 2.00 bits per heavy atom. The molecule has 2 N–H and O–H groups in total. The number of piperidine rings is 1. The van der Waals surface area contributed by atoms with Crippen molar-refractivity contribution in [1.82, 2.24) is 4.90 Å². The van der Waals surface area contributed by atoms with Crippen LogP contribution < -0.4 is 0 Å². The van der Waals surface area contributed by atoms with Crippen molar-refractivity contribution in [2.45, 2.75) is 56.8 Å². The standard InChI is InChI=1S/C16H21NO2S/c18-8-2-1-3-15-6-7-16(20-15)11-17-12-4-5-13(17)10-14(19)9-12/h6-7,12-14,18-19H,2,4-5,8-11H2. The molecule has 108 valence electrons. The first-order valence-electron chi connectivity index (χ1n) is 7.38. The second kappa shape index (κ2) is 6.28. The third-order valence-corrected chi connectivity index (χ3v) is 5.29. The Morgan fingerprint density at radius 3 is 2.70 bits per heavy atom. The molecule has 4 heteroatoms. The molecule has 0 aromatic carbocycles. The Morgan fingerprint density at radius 1 is 1.25 bits per heavy atom. The molecule has 0 aliphatic carbocycles. The molecule has 20 heavy (non-hydrogen) atoms. The van der Waals surface area contributed by atoms with Gasteiger partial charge in [-0.25, -0.2) is 0 Å². The molecule has 2 aliphatic rings. The Balaban J connectivity index is 1.63. The Bertz CT molecular complexity index is 502. The summed E-state index contributed by atoms with van der Waals surface area (Å²) >= 11 is 1.75. The van der Waals surface area contributed by atoms with Crippen LogP contribution in [0, 0.1) is 11.8 Å². The quantitative estimate of drug-likeness (QED) is 0.837. The van der Waals surface area contributed by atoms with Crippen molar-refractivity contribution in [2.24, 2.45) is 0 Å². The van der Waals surface area contributed by atoms with E-state index in [0.29, 0.717) is 18.5 Å². The zero-order valence-electron chi connectivity index (χ0n) is 11.6. The first-order valence-corrected chi connectivity index (χ1v) is 8.20. The number of aliphatic hydroxyl groups excluding tert-OH is 2. The van der Waals surface area contributed by atoms with Crippen LogP contribution in [0.5, 0.6) is 0 Å². The minimum Gasteiger partial charge on any atom is -0.395 e. The highest BCUT2D eigenvalue weighted by atomic mass is 32.1. The molecule has 0 saturated carbocycles. The van der Waals surface area contributed by atoms with Crippen molar-refractivity contribution in [1.29, 1.82) is 0 Å². The summed E-state index contributed by atoms with van der Waals surface area (Å²) in [7, 11) is 0. The summed E-state index contributed by atoms with van der Waals surface area (Å²) < 4.78 is 0. The molecule has 0 spiro atoms. The van der Waals surface area contributed by atoms with Crippen molar-refractivity contribution in [3.63, 3.8) is 0 Å². The molecule has 1 aromatic rings. The predicted molar refractivity (Wildman–Crippen MR) is 80.5 cm³/mol. The highest BCUT2D eigenvalue weighted by Crippen LogP contribution is 2.37. The van der Waals surface area contributed by atoms with Crippen LogP contribution in [0.25, 0.3) is 0 Å². The zero-order chi connectivity index (χ0) is 13.9. The number of hydrogen-bond donors (Lipinski definition) is 2. The molecule has 3 nitrogen and oxygen atoms in total. The molecule has 1 aromatic heterocycles. The van der Waals surface area contributed by atoms with Gasteiger partial charge in [0.1, 0.15) is 0 Å². The van der Waals surface area contributed by atoms with Crippen molar-refractivity contribution in [3.05, 3.63) is 21.9 Å². The van der Waals surface area contributed by atoms with Crippen LogP contribution in [-0.4, -0.2) is 39.9 Å². The minimum absolute atomic E-state index is 0.0907. The lowest BCUT2D eigenvalue weighted by Gasteiger charge is -2.36. The van der Waals surface area contributed by atoms with E-state index < -0.39 is 0 Å². The van der Waals surface area contributed by atoms with E-state index in [1.54, 1.807) is 11.3 Å². The maximum atomic E-state index is 9.84. The first-order chi connectivity index (χ1) is 9.76. The van der Waals surface area contributed by atoms with E-state index in [1.165, 1.54) is 17.7 Å². The number of fused-ring (bicyclic) bond motifs is 2. The molecule has 0 amide bonds. The molecular weight excluding hydrogens is 270 g/mol. The molecule has 2 atom stereocenters. The highest BCUT2D eigenvalue weighted by molar-refractivity contribution is 7.12. The van der Waals surface area contributed by atoms with Crippen LogP contribution in [0.1, 0.15) is 41.9 Å². The fraction of sp³-hybridized carbons (Fsp3) is 0.625. The van der Waals surface area contributed by atoms with E-state index >= 15 is 0 Å². The second-order valence-electron chi connectivity index (χ2n) is 5.72. The van der Waals surface area contributed by atoms with Crippen molar-refractivity contribution in [3.8, 4) is 11.8 Å². The third-order valence-electron chi connectivity index (χ3n) is 4.31. The van der Waals surface area contributed by atoms with Crippen LogP contribution in [-0.2, 0) is 6.54 Å². The van der Waals surface area contributed by atoms with Crippen LogP contribution in [0.15, 0.2) is 12.1 Å². The van der Waals surface area contributed by atoms with Crippen LogP contribution >= 0.6 is 11.3 Å². The maximum absolute atomic E-state index is 9.84. The van der Waals surface area contributed by atoms with Crippen molar-refractivity contribution in [2.75, 3.05) is 6.61 Å². The van der Waals surface area contributed by atoms with Crippen LogP contribution in [0.2, 0.25) is 0 Å². The minimum atomic E-state index is -0.0907. The van der Waals surface area contributed by atoms with Crippen LogP contribution in [0.3, 0.4) is 0 Å². The predicted octanol–water partition coefficient (Wildman–Crippen LogP) is 1.97. The Hall–Kier alpha value is -0.860. The van der Waals surface area contributed by atoms with E-state index in [9.17, 15) is 5.11 Å². The largest absolute Gasteiger partial charge is 0.395 e. The van der Waals surface area contributed by atoms with Gasteiger partial charge in [0, 0.05) is 29.9 Å². The summed E-state index contributed by atoms with van der Waals surface area (Å²) in [6, 6.07) is 5.37. The van der Waals surface area contributed by atoms with E-state index in [0.717, 1.165) is 24.3 Å². The molecule has 2 unspecified atom stereocenters. The van der Waals surface area contributed by atoms with Gasteiger partial charge in [-0.2, -0.15) is 0 Å². The van der Waals surface area contributed by atoms with Gasteiger partial charge < -0.3 is 10.2 Å². The Labute approximate surface area is 124 Å². The fourth-order valence-electron chi connectivity index (χ4n) is 3.42. The number of rotatable bonds is 3. The Kier molecular flexibility index (Phi) is 4.42. The lowest BCUT2D eigenvalue weighted by atomic mass is 10.00. The topological polar surface area (TPSA) is 43.7 Å². The average Bonchev–Trinajstić information content (AvgIpc) is 2.95. The smallest absolute Gasteiger partial charge is 0.0771 e. The maximum Gasteiger partial charge on any atom is 0.0771 e. The zero-order valence-corrected chi connectivity index (χ0v) is 12.4. The lowest BCUT2D eigenvalue weighted by molar-refractivity contribution is 0.0316. The van der Waals surface area contributed by atoms with E-state index in [-0.39, 0.29) is 12.7 Å². The third kappa shape index (κ3) is 3.07. The van der Waals surface area contributed by atoms with Crippen LogP contribution in [0.4, 0.5) is 0 Å². The van der Waals surface area contributed by atoms with Gasteiger partial charge >= 0.3 is 0 Å². The second-order valence-corrected chi connectivity index (χ2v) is 6.89. The van der Waals surface area contributed by atoms with Gasteiger partial charge in [-0.15, -0.1) is 11.3 Å². The lowest BCUT2D eigenvalue weighted by Crippen LogP contribution is -2.43. The van der Waals surface area contributed by atoms with Crippen molar-refractivity contribution < 1.29 is 10.2 Å². The van der Waals surface area contributed by atoms with Gasteiger partial charge in [0.15, 0.2) is 0 Å². The summed E-state index contributed by atoms with van der Waals surface area (Å²) in [4.78, 5) is 5.01. The summed E-state index contributed by atoms with van der Waals surface area (Å²) in [6.45, 7) is 1.12. The average molecular weight is 291 g/mol. The highest BCUT2D eigenvalue weighted by Gasteiger charge is 2.39. The molecule has 2 aliphatic heterocycles. The molecule has 3 heterocycles. The van der Waals surface area contributed by atoms with Gasteiger partial charge in [0.25, 0.3) is 0 Å². The summed E-state index contributed by atoms with van der Waals surface area (Å²) in [5, 5.41) is 18.6. The summed E-state index contributed by atoms with van der Waals surface area (Å²) in [5.74, 6) is 6.07. The van der Waals surface area contributed by atoms with E-state index in [4.69, 9.17) is 5.11 Å². The van der Waals surface area contributed by atoms with Gasteiger partial charge in [0.2, 0.25) is 0 Å². The van der Waals surface area contributed by atoms with Gasteiger partial charge in [-0.3, -0.25) is 4.90 Å². The number of thiophene rings is 1. The van der Waals surface area contributed by atoms with E-state index in [1.807, 2.05) is 0 Å². The van der Waals surface area contributed by atoms with Gasteiger partial charge in [0.05, 0.1) is 17.6 Å². The fourth-order valence-corrected chi connectivity index (χ4v) is 4.31. The molecule has 3 rings (SSSR count). The van der Waals surface area contributed by atoms with Gasteiger partial charge in [-0.1, -0.05) is 11.8 Å². The molecule has 2 bridgehead atoms. The molecule has 2 saturated heterocycles. The first kappa shape index (κ1) is 14.1. The SMILES string of the molecule is OCCC#Cc1ccc(CN2C3CCC2CC(O)C3)s1. The van der Waals surface area contributed by atoms with Gasteiger partial charge in [-0.05, 0) is 37.8 Å². The number of aliphatic hydroxyl groups is 2. The molecule has 2 fully saturated rings. The number of hydrogen-bond acceptors (Lipinski definition) is 4. The summed E-state index contributed by atoms with van der Waals surface area (Å²) in [6.07, 6.45) is 4.79. The van der Waals surface area contributed by atoms with Crippen molar-refractivity contribution >= 4 is 11.3 Å². The van der Waals surface area contributed by atoms with E-state index in [2.05, 4.69) is 28.9 Å². The monoisotopic (exact) mass is 291 g/mol. The summed E-state index contributed by atoms with van der Waals surface area (Å²) in [5.41, 5.74) is 0. The molecular formula is C16H21NO2S.